The van der Waals surface area contributed by atoms with Gasteiger partial charge < -0.3 is 5.32 Å². The highest BCUT2D eigenvalue weighted by Gasteiger charge is 2.10. The fourth-order valence-electron chi connectivity index (χ4n) is 2.12. The van der Waals surface area contributed by atoms with Crippen LogP contribution >= 0.6 is 27.5 Å². The van der Waals surface area contributed by atoms with Gasteiger partial charge in [-0.15, -0.1) is 0 Å². The predicted molar refractivity (Wildman–Crippen MR) is 91.2 cm³/mol. The van der Waals surface area contributed by atoms with Crippen LogP contribution in [0.25, 0.3) is 0 Å². The van der Waals surface area contributed by atoms with Gasteiger partial charge >= 0.3 is 0 Å². The number of halogens is 2. The number of nitrogens with one attached hydrogen (secondary N) is 1. The van der Waals surface area contributed by atoms with E-state index in [0.717, 1.165) is 27.9 Å². The Morgan fingerprint density at radius 2 is 1.90 bits per heavy atom. The van der Waals surface area contributed by atoms with Crippen molar-refractivity contribution >= 4 is 33.4 Å². The molecule has 2 nitrogen and oxygen atoms in total. The van der Waals surface area contributed by atoms with Crippen molar-refractivity contribution in [2.45, 2.75) is 24.7 Å². The maximum atomic E-state index is 12.2. The molecule has 1 atom stereocenters. The minimum absolute atomic E-state index is 0.0480. The molecular formula is C17H17BrClNO. The summed E-state index contributed by atoms with van der Waals surface area (Å²) in [5.41, 5.74) is 2.95. The lowest BCUT2D eigenvalue weighted by Gasteiger charge is -2.14. The summed E-state index contributed by atoms with van der Waals surface area (Å²) >= 11 is 9.36. The molecule has 2 aromatic rings. The summed E-state index contributed by atoms with van der Waals surface area (Å²) in [6, 6.07) is 15.3. The van der Waals surface area contributed by atoms with Crippen LogP contribution in [0.5, 0.6) is 0 Å². The van der Waals surface area contributed by atoms with Crippen LogP contribution in [0.1, 0.15) is 28.4 Å². The van der Waals surface area contributed by atoms with Gasteiger partial charge in [-0.25, -0.2) is 0 Å². The van der Waals surface area contributed by atoms with Crippen LogP contribution < -0.4 is 5.32 Å². The monoisotopic (exact) mass is 365 g/mol. The average molecular weight is 367 g/mol. The third-order valence-corrected chi connectivity index (χ3v) is 4.06. The molecule has 0 radical (unpaired) electrons. The van der Waals surface area contributed by atoms with Gasteiger partial charge in [0, 0.05) is 22.0 Å². The molecule has 21 heavy (non-hydrogen) atoms. The van der Waals surface area contributed by atoms with Crippen molar-refractivity contribution in [2.24, 2.45) is 0 Å². The Kier molecular flexibility index (Phi) is 5.83. The summed E-state index contributed by atoms with van der Waals surface area (Å²) in [7, 11) is 0. The largest absolute Gasteiger partial charge is 0.349 e. The van der Waals surface area contributed by atoms with Crippen molar-refractivity contribution in [1.82, 2.24) is 5.32 Å². The Morgan fingerprint density at radius 3 is 2.52 bits per heavy atom. The van der Waals surface area contributed by atoms with Gasteiger partial charge in [-0.1, -0.05) is 51.8 Å². The van der Waals surface area contributed by atoms with Gasteiger partial charge in [-0.3, -0.25) is 4.79 Å². The summed E-state index contributed by atoms with van der Waals surface area (Å²) in [4.78, 5) is 12.2. The van der Waals surface area contributed by atoms with E-state index < -0.39 is 0 Å². The van der Waals surface area contributed by atoms with E-state index in [4.69, 9.17) is 11.6 Å². The van der Waals surface area contributed by atoms with Crippen LogP contribution in [0.4, 0.5) is 0 Å². The van der Waals surface area contributed by atoms with Crippen LogP contribution in [-0.2, 0) is 11.8 Å². The van der Waals surface area contributed by atoms with Crippen molar-refractivity contribution < 1.29 is 4.79 Å². The second-order valence-electron chi connectivity index (χ2n) is 5.04. The number of amides is 1. The lowest BCUT2D eigenvalue weighted by Crippen LogP contribution is -2.34. The molecule has 4 heteroatoms. The highest BCUT2D eigenvalue weighted by Crippen LogP contribution is 2.13. The second-order valence-corrected chi connectivity index (χ2v) is 6.04. The number of benzene rings is 2. The highest BCUT2D eigenvalue weighted by molar-refractivity contribution is 9.08. The normalized spacial score (nSPS) is 12.0. The Balaban J connectivity index is 1.95. The molecular weight excluding hydrogens is 350 g/mol. The fraction of sp³-hybridized carbons (Fsp3) is 0.235. The number of rotatable bonds is 5. The summed E-state index contributed by atoms with van der Waals surface area (Å²) in [6.07, 6.45) is 0.756. The standard InChI is InChI=1S/C17H17BrClNO/c1-12(9-14-3-2-4-16(19)10-14)20-17(21)15-7-5-13(11-18)6-8-15/h2-8,10,12H,9,11H2,1H3,(H,20,21). The Bertz CT molecular complexity index is 612. The van der Waals surface area contributed by atoms with E-state index in [1.807, 2.05) is 55.5 Å². The molecule has 0 spiro atoms. The van der Waals surface area contributed by atoms with Crippen molar-refractivity contribution in [3.63, 3.8) is 0 Å². The van der Waals surface area contributed by atoms with E-state index in [-0.39, 0.29) is 11.9 Å². The molecule has 0 heterocycles. The molecule has 1 unspecified atom stereocenters. The van der Waals surface area contributed by atoms with Gasteiger partial charge in [0.05, 0.1) is 0 Å². The zero-order chi connectivity index (χ0) is 15.2. The fourth-order valence-corrected chi connectivity index (χ4v) is 2.71. The molecule has 0 aliphatic heterocycles. The minimum Gasteiger partial charge on any atom is -0.349 e. The number of carbonyl (C=O) groups is 1. The van der Waals surface area contributed by atoms with Gasteiger partial charge in [-0.05, 0) is 48.7 Å². The molecule has 1 N–H and O–H groups in total. The van der Waals surface area contributed by atoms with Gasteiger partial charge in [0.2, 0.25) is 0 Å². The third kappa shape index (κ3) is 4.87. The minimum atomic E-state index is -0.0503. The Morgan fingerprint density at radius 1 is 1.19 bits per heavy atom. The lowest BCUT2D eigenvalue weighted by atomic mass is 10.1. The van der Waals surface area contributed by atoms with Crippen LogP contribution in [0, 0.1) is 0 Å². The molecule has 0 aliphatic rings. The highest BCUT2D eigenvalue weighted by atomic mass is 79.9. The number of alkyl halides is 1. The molecule has 0 aromatic heterocycles. The molecule has 0 fully saturated rings. The molecule has 0 aliphatic carbocycles. The number of carbonyl (C=O) groups excluding carboxylic acids is 1. The quantitative estimate of drug-likeness (QED) is 0.770. The summed E-state index contributed by atoms with van der Waals surface area (Å²) in [6.45, 7) is 1.99. The van der Waals surface area contributed by atoms with Crippen molar-refractivity contribution in [1.29, 1.82) is 0 Å². The smallest absolute Gasteiger partial charge is 0.251 e. The maximum absolute atomic E-state index is 12.2. The molecule has 2 rings (SSSR count). The SMILES string of the molecule is CC(Cc1cccc(Cl)c1)NC(=O)c1ccc(CBr)cc1. The lowest BCUT2D eigenvalue weighted by molar-refractivity contribution is 0.0940. The summed E-state index contributed by atoms with van der Waals surface area (Å²) in [5, 5.41) is 4.52. The van der Waals surface area contributed by atoms with E-state index in [1.165, 1.54) is 0 Å². The van der Waals surface area contributed by atoms with Crippen molar-refractivity contribution in [3.05, 3.63) is 70.2 Å². The van der Waals surface area contributed by atoms with E-state index in [2.05, 4.69) is 21.2 Å². The molecule has 1 amide bonds. The zero-order valence-electron chi connectivity index (χ0n) is 11.8. The van der Waals surface area contributed by atoms with Gasteiger partial charge in [0.1, 0.15) is 0 Å². The number of hydrogen-bond donors (Lipinski definition) is 1. The molecule has 0 bridgehead atoms. The summed E-state index contributed by atoms with van der Waals surface area (Å²) in [5.74, 6) is -0.0503. The van der Waals surface area contributed by atoms with E-state index >= 15 is 0 Å². The summed E-state index contributed by atoms with van der Waals surface area (Å²) < 4.78 is 0. The van der Waals surface area contributed by atoms with Crippen LogP contribution in [-0.4, -0.2) is 11.9 Å². The first-order valence-corrected chi connectivity index (χ1v) is 8.28. The predicted octanol–water partition coefficient (Wildman–Crippen LogP) is 4.60. The van der Waals surface area contributed by atoms with Gasteiger partial charge in [-0.2, -0.15) is 0 Å². The molecule has 2 aromatic carbocycles. The molecule has 110 valence electrons. The third-order valence-electron chi connectivity index (χ3n) is 3.18. The Labute approximate surface area is 138 Å². The van der Waals surface area contributed by atoms with Gasteiger partial charge in [0.25, 0.3) is 5.91 Å². The molecule has 0 saturated carbocycles. The van der Waals surface area contributed by atoms with Crippen molar-refractivity contribution in [2.75, 3.05) is 0 Å². The molecule has 0 saturated heterocycles. The topological polar surface area (TPSA) is 29.1 Å². The van der Waals surface area contributed by atoms with Crippen LogP contribution in [0.3, 0.4) is 0 Å². The zero-order valence-corrected chi connectivity index (χ0v) is 14.1. The van der Waals surface area contributed by atoms with E-state index in [0.29, 0.717) is 5.56 Å². The van der Waals surface area contributed by atoms with E-state index in [1.54, 1.807) is 0 Å². The van der Waals surface area contributed by atoms with Crippen LogP contribution in [0.15, 0.2) is 48.5 Å². The van der Waals surface area contributed by atoms with E-state index in [9.17, 15) is 4.79 Å². The first-order valence-electron chi connectivity index (χ1n) is 6.78. The second kappa shape index (κ2) is 7.62. The average Bonchev–Trinajstić information content (AvgIpc) is 2.47. The van der Waals surface area contributed by atoms with Crippen molar-refractivity contribution in [3.8, 4) is 0 Å². The van der Waals surface area contributed by atoms with Gasteiger partial charge in [0.15, 0.2) is 0 Å². The first-order chi connectivity index (χ1) is 10.1. The van der Waals surface area contributed by atoms with Crippen LogP contribution in [0.2, 0.25) is 5.02 Å². The Hall–Kier alpha value is -1.32. The maximum Gasteiger partial charge on any atom is 0.251 e. The first kappa shape index (κ1) is 16.1. The number of hydrogen-bond acceptors (Lipinski definition) is 1.